The van der Waals surface area contributed by atoms with Crippen LogP contribution < -0.4 is 0 Å². The maximum atomic E-state index is 6.72. The Hall–Kier alpha value is -7.83. The van der Waals surface area contributed by atoms with Crippen molar-refractivity contribution in [1.29, 1.82) is 0 Å². The van der Waals surface area contributed by atoms with Crippen molar-refractivity contribution in [1.82, 2.24) is 19.5 Å². The van der Waals surface area contributed by atoms with Crippen molar-refractivity contribution in [2.45, 2.75) is 0 Å². The Morgan fingerprint density at radius 1 is 0.333 bits per heavy atom. The first-order valence-electron chi connectivity index (χ1n) is 19.0. The van der Waals surface area contributed by atoms with Crippen LogP contribution in [0.1, 0.15) is 0 Å². The van der Waals surface area contributed by atoms with E-state index in [0.29, 0.717) is 17.5 Å². The molecule has 0 aliphatic carbocycles. The Morgan fingerprint density at radius 3 is 1.61 bits per heavy atom. The number of hydrogen-bond donors (Lipinski definition) is 0. The molecule has 4 aromatic heterocycles. The quantitative estimate of drug-likeness (QED) is 0.176. The molecule has 12 rings (SSSR count). The van der Waals surface area contributed by atoms with Gasteiger partial charge in [0.25, 0.3) is 0 Å². The van der Waals surface area contributed by atoms with Gasteiger partial charge in [-0.05, 0) is 65.7 Å². The van der Waals surface area contributed by atoms with Crippen LogP contribution in [0.4, 0.5) is 0 Å². The standard InChI is InChI=1S/C51H30N4O2/c1-4-13-31(14-5-1)49-52-50(32-15-6-2-7-16-32)54-51(53-49)40-21-12-20-39-42-30-46-41(29-47(42)57-48(39)40)38-26-24-34(28-45(38)56-46)33-23-25-37-36-19-10-11-22-43(36)55(44(37)27-33)35-17-8-3-9-18-35/h1-30H. The van der Waals surface area contributed by atoms with Crippen molar-refractivity contribution >= 4 is 65.7 Å². The van der Waals surface area contributed by atoms with Crippen LogP contribution in [0.25, 0.3) is 117 Å². The normalized spacial score (nSPS) is 11.9. The lowest BCUT2D eigenvalue weighted by Gasteiger charge is -2.09. The van der Waals surface area contributed by atoms with E-state index in [1.807, 2.05) is 72.8 Å². The van der Waals surface area contributed by atoms with E-state index in [1.165, 1.54) is 21.8 Å². The summed E-state index contributed by atoms with van der Waals surface area (Å²) in [7, 11) is 0. The molecule has 0 radical (unpaired) electrons. The number of nitrogens with zero attached hydrogens (tertiary/aromatic N) is 4. The van der Waals surface area contributed by atoms with Gasteiger partial charge in [-0.1, -0.05) is 127 Å². The highest BCUT2D eigenvalue weighted by Gasteiger charge is 2.20. The van der Waals surface area contributed by atoms with E-state index in [-0.39, 0.29) is 0 Å². The van der Waals surface area contributed by atoms with Gasteiger partial charge in [-0.25, -0.2) is 15.0 Å². The molecule has 0 N–H and O–H groups in total. The van der Waals surface area contributed by atoms with Crippen molar-refractivity contribution in [2.24, 2.45) is 0 Å². The molecular formula is C51H30N4O2. The molecular weight excluding hydrogens is 701 g/mol. The van der Waals surface area contributed by atoms with Gasteiger partial charge in [-0.15, -0.1) is 0 Å². The van der Waals surface area contributed by atoms with E-state index in [0.717, 1.165) is 77.4 Å². The highest BCUT2D eigenvalue weighted by molar-refractivity contribution is 6.17. The van der Waals surface area contributed by atoms with Crippen LogP contribution in [0.3, 0.4) is 0 Å². The molecule has 0 saturated heterocycles. The average molecular weight is 731 g/mol. The predicted octanol–water partition coefficient (Wildman–Crippen LogP) is 13.4. The molecule has 0 spiro atoms. The Labute approximate surface area is 325 Å². The second kappa shape index (κ2) is 12.3. The number of rotatable bonds is 5. The van der Waals surface area contributed by atoms with E-state index in [1.54, 1.807) is 0 Å². The van der Waals surface area contributed by atoms with Crippen LogP contribution in [0.2, 0.25) is 0 Å². The topological polar surface area (TPSA) is 69.9 Å². The molecule has 0 fully saturated rings. The molecule has 6 heteroatoms. The molecule has 0 atom stereocenters. The number of furan rings is 2. The van der Waals surface area contributed by atoms with E-state index in [9.17, 15) is 0 Å². The maximum absolute atomic E-state index is 6.72. The predicted molar refractivity (Wildman–Crippen MR) is 230 cm³/mol. The minimum Gasteiger partial charge on any atom is -0.456 e. The SMILES string of the molecule is c1ccc(-c2nc(-c3ccccc3)nc(-c3cccc4c3oc3cc5c(cc34)oc3cc(-c4ccc6c7ccccc7n(-c7ccccc7)c6c4)ccc35)n2)cc1. The van der Waals surface area contributed by atoms with E-state index in [2.05, 4.69) is 114 Å². The molecule has 0 bridgehead atoms. The third-order valence-electron chi connectivity index (χ3n) is 11.1. The first-order chi connectivity index (χ1) is 28.2. The third-order valence-corrected chi connectivity index (χ3v) is 11.1. The second-order valence-electron chi connectivity index (χ2n) is 14.4. The van der Waals surface area contributed by atoms with Crippen molar-refractivity contribution < 1.29 is 8.83 Å². The van der Waals surface area contributed by atoms with Gasteiger partial charge in [0.1, 0.15) is 22.3 Å². The third kappa shape index (κ3) is 5.01. The number of benzene rings is 8. The smallest absolute Gasteiger partial charge is 0.167 e. The molecule has 0 unspecified atom stereocenters. The zero-order valence-corrected chi connectivity index (χ0v) is 30.4. The zero-order valence-electron chi connectivity index (χ0n) is 30.4. The first-order valence-corrected chi connectivity index (χ1v) is 19.0. The largest absolute Gasteiger partial charge is 0.456 e. The van der Waals surface area contributed by atoms with Gasteiger partial charge in [-0.2, -0.15) is 0 Å². The monoisotopic (exact) mass is 730 g/mol. The molecule has 8 aromatic carbocycles. The highest BCUT2D eigenvalue weighted by Crippen LogP contribution is 2.41. The molecule has 0 amide bonds. The fourth-order valence-electron chi connectivity index (χ4n) is 8.36. The van der Waals surface area contributed by atoms with Crippen molar-refractivity contribution in [2.75, 3.05) is 0 Å². The average Bonchev–Trinajstić information content (AvgIpc) is 3.94. The second-order valence-corrected chi connectivity index (χ2v) is 14.4. The van der Waals surface area contributed by atoms with Crippen LogP contribution in [-0.2, 0) is 0 Å². The summed E-state index contributed by atoms with van der Waals surface area (Å²) in [5.74, 6) is 1.76. The molecule has 0 saturated carbocycles. The van der Waals surface area contributed by atoms with Crippen LogP contribution in [-0.4, -0.2) is 19.5 Å². The van der Waals surface area contributed by atoms with Crippen LogP contribution in [0, 0.1) is 0 Å². The molecule has 0 aliphatic rings. The van der Waals surface area contributed by atoms with Crippen molar-refractivity contribution in [3.63, 3.8) is 0 Å². The van der Waals surface area contributed by atoms with Crippen molar-refractivity contribution in [3.05, 3.63) is 182 Å². The summed E-state index contributed by atoms with van der Waals surface area (Å²) in [6, 6.07) is 62.8. The Morgan fingerprint density at radius 2 is 0.877 bits per heavy atom. The fraction of sp³-hybridized carbons (Fsp3) is 0. The van der Waals surface area contributed by atoms with Gasteiger partial charge >= 0.3 is 0 Å². The van der Waals surface area contributed by atoms with Crippen LogP contribution in [0.15, 0.2) is 191 Å². The van der Waals surface area contributed by atoms with Crippen LogP contribution >= 0.6 is 0 Å². The van der Waals surface area contributed by atoms with Gasteiger partial charge in [-0.3, -0.25) is 0 Å². The number of para-hydroxylation sites is 3. The zero-order chi connectivity index (χ0) is 37.5. The minimum atomic E-state index is 0.552. The summed E-state index contributed by atoms with van der Waals surface area (Å²) < 4.78 is 15.7. The number of aromatic nitrogens is 4. The summed E-state index contributed by atoms with van der Waals surface area (Å²) in [5, 5.41) is 6.44. The first kappa shape index (κ1) is 31.5. The lowest BCUT2D eigenvalue weighted by atomic mass is 10.0. The lowest BCUT2D eigenvalue weighted by Crippen LogP contribution is -2.00. The van der Waals surface area contributed by atoms with Gasteiger partial charge in [0.05, 0.1) is 16.6 Å². The Bertz CT molecular complexity index is 3450. The van der Waals surface area contributed by atoms with Gasteiger partial charge < -0.3 is 13.4 Å². The molecule has 6 nitrogen and oxygen atoms in total. The molecule has 266 valence electrons. The molecule has 4 heterocycles. The summed E-state index contributed by atoms with van der Waals surface area (Å²) in [6.45, 7) is 0. The lowest BCUT2D eigenvalue weighted by molar-refractivity contribution is 0.664. The maximum Gasteiger partial charge on any atom is 0.167 e. The summed E-state index contributed by atoms with van der Waals surface area (Å²) in [4.78, 5) is 14.8. The van der Waals surface area contributed by atoms with Crippen LogP contribution in [0.5, 0.6) is 0 Å². The molecule has 0 aliphatic heterocycles. The van der Waals surface area contributed by atoms with Gasteiger partial charge in [0.15, 0.2) is 17.5 Å². The summed E-state index contributed by atoms with van der Waals surface area (Å²) in [5.41, 5.74) is 11.5. The molecule has 57 heavy (non-hydrogen) atoms. The Balaban J connectivity index is 0.980. The number of fused-ring (bicyclic) bond motifs is 9. The van der Waals surface area contributed by atoms with E-state index in [4.69, 9.17) is 23.8 Å². The van der Waals surface area contributed by atoms with Gasteiger partial charge in [0, 0.05) is 49.1 Å². The van der Waals surface area contributed by atoms with Gasteiger partial charge in [0.2, 0.25) is 0 Å². The Kier molecular flexibility index (Phi) is 6.83. The fourth-order valence-corrected chi connectivity index (χ4v) is 8.36. The highest BCUT2D eigenvalue weighted by atomic mass is 16.3. The summed E-state index contributed by atoms with van der Waals surface area (Å²) >= 11 is 0. The molecule has 12 aromatic rings. The summed E-state index contributed by atoms with van der Waals surface area (Å²) in [6.07, 6.45) is 0. The minimum absolute atomic E-state index is 0.552. The van der Waals surface area contributed by atoms with E-state index >= 15 is 0 Å². The van der Waals surface area contributed by atoms with Crippen molar-refractivity contribution in [3.8, 4) is 51.0 Å². The van der Waals surface area contributed by atoms with E-state index < -0.39 is 0 Å². The number of hydrogen-bond acceptors (Lipinski definition) is 5.